The van der Waals surface area contributed by atoms with Crippen molar-refractivity contribution in [1.29, 1.82) is 0 Å². The molecule has 0 spiro atoms. The number of nitrogens with zero attached hydrogens (tertiary/aromatic N) is 4. The molecule has 2 aromatic heterocycles. The van der Waals surface area contributed by atoms with Gasteiger partial charge in [0, 0.05) is 6.42 Å². The number of aliphatic hydroxyl groups excluding tert-OH is 3. The standard InChI is InChI=1S/C26H43N5O6/c1-2-3-4-5-6-7-8-9-10-11-12-13-14-15-19(33)31-24(36)20-23(29-26(31)27)30(17-28-20)25-22(35)21(34)18(16-32)37-25/h17-18,21-22,25,32,34-35H,2-16H2,1H3,(H2,27,29)/t18-,21-,22-,25-/m1/s1. The number of carbonyl (C=O) groups is 1. The van der Waals surface area contributed by atoms with Gasteiger partial charge in [-0.15, -0.1) is 0 Å². The predicted octanol–water partition coefficient (Wildman–Crippen LogP) is 2.91. The van der Waals surface area contributed by atoms with E-state index in [-0.39, 0.29) is 23.5 Å². The number of anilines is 1. The number of unbranched alkanes of at least 4 members (excludes halogenated alkanes) is 12. The molecule has 0 saturated carbocycles. The lowest BCUT2D eigenvalue weighted by Crippen LogP contribution is -2.33. The van der Waals surface area contributed by atoms with E-state index in [9.17, 15) is 24.9 Å². The molecule has 3 rings (SSSR count). The van der Waals surface area contributed by atoms with Crippen LogP contribution in [0.15, 0.2) is 11.1 Å². The number of aromatic nitrogens is 4. The maximum atomic E-state index is 13.0. The molecule has 1 saturated heterocycles. The van der Waals surface area contributed by atoms with Gasteiger partial charge in [-0.25, -0.2) is 9.55 Å². The maximum absolute atomic E-state index is 13.0. The van der Waals surface area contributed by atoms with Crippen LogP contribution in [0, 0.1) is 0 Å². The van der Waals surface area contributed by atoms with E-state index < -0.39 is 42.6 Å². The van der Waals surface area contributed by atoms with Crippen LogP contribution in [0.5, 0.6) is 0 Å². The predicted molar refractivity (Wildman–Crippen MR) is 140 cm³/mol. The minimum atomic E-state index is -1.36. The average Bonchev–Trinajstić information content (AvgIpc) is 3.42. The van der Waals surface area contributed by atoms with E-state index in [4.69, 9.17) is 10.5 Å². The molecular weight excluding hydrogens is 478 g/mol. The zero-order valence-electron chi connectivity index (χ0n) is 21.9. The van der Waals surface area contributed by atoms with Gasteiger partial charge in [0.2, 0.25) is 11.9 Å². The first-order valence-corrected chi connectivity index (χ1v) is 13.8. The van der Waals surface area contributed by atoms with E-state index in [1.165, 1.54) is 68.7 Å². The summed E-state index contributed by atoms with van der Waals surface area (Å²) in [5.41, 5.74) is 5.22. The molecule has 11 nitrogen and oxygen atoms in total. The zero-order chi connectivity index (χ0) is 26.8. The number of carbonyl (C=O) groups excluding carboxylic acids is 1. The van der Waals surface area contributed by atoms with Crippen molar-refractivity contribution in [1.82, 2.24) is 19.1 Å². The van der Waals surface area contributed by atoms with Crippen molar-refractivity contribution >= 4 is 23.0 Å². The second-order valence-electron chi connectivity index (χ2n) is 10.0. The molecule has 0 aliphatic carbocycles. The molecule has 2 aromatic rings. The van der Waals surface area contributed by atoms with Crippen LogP contribution in [0.3, 0.4) is 0 Å². The minimum Gasteiger partial charge on any atom is -0.394 e. The van der Waals surface area contributed by atoms with Crippen molar-refractivity contribution in [2.45, 2.75) is 121 Å². The Bertz CT molecular complexity index is 1050. The Kier molecular flexibility index (Phi) is 11.5. The summed E-state index contributed by atoms with van der Waals surface area (Å²) in [5, 5.41) is 29.6. The Morgan fingerprint density at radius 2 is 1.54 bits per heavy atom. The van der Waals surface area contributed by atoms with Gasteiger partial charge in [0.15, 0.2) is 17.4 Å². The largest absolute Gasteiger partial charge is 0.394 e. The summed E-state index contributed by atoms with van der Waals surface area (Å²) in [6.45, 7) is 1.75. The van der Waals surface area contributed by atoms with Crippen molar-refractivity contribution in [3.05, 3.63) is 16.7 Å². The van der Waals surface area contributed by atoms with Gasteiger partial charge < -0.3 is 25.8 Å². The van der Waals surface area contributed by atoms with Gasteiger partial charge >= 0.3 is 0 Å². The molecule has 1 aliphatic heterocycles. The SMILES string of the molecule is CCCCCCCCCCCCCCCC(=O)n1c(N)nc2c(ncn2[C@@H]2O[C@H](CO)[C@@H](O)[C@H]2O)c1=O. The van der Waals surface area contributed by atoms with Crippen LogP contribution in [-0.4, -0.2) is 65.2 Å². The number of hydrogen-bond acceptors (Lipinski definition) is 9. The molecule has 208 valence electrons. The highest BCUT2D eigenvalue weighted by atomic mass is 16.6. The van der Waals surface area contributed by atoms with Crippen molar-refractivity contribution in [2.24, 2.45) is 0 Å². The van der Waals surface area contributed by atoms with Gasteiger partial charge in [-0.1, -0.05) is 84.0 Å². The van der Waals surface area contributed by atoms with E-state index in [0.29, 0.717) is 6.42 Å². The number of imidazole rings is 1. The molecule has 0 aromatic carbocycles. The van der Waals surface area contributed by atoms with E-state index >= 15 is 0 Å². The van der Waals surface area contributed by atoms with Crippen molar-refractivity contribution in [2.75, 3.05) is 12.3 Å². The Hall–Kier alpha value is -2.34. The van der Waals surface area contributed by atoms with Crippen LogP contribution in [0.4, 0.5) is 5.95 Å². The Morgan fingerprint density at radius 3 is 2.08 bits per heavy atom. The minimum absolute atomic E-state index is 0.0300. The summed E-state index contributed by atoms with van der Waals surface area (Å²) in [6.07, 6.45) is 12.2. The van der Waals surface area contributed by atoms with Gasteiger partial charge in [-0.05, 0) is 6.42 Å². The fraction of sp³-hybridized carbons (Fsp3) is 0.769. The summed E-state index contributed by atoms with van der Waals surface area (Å²) in [5.74, 6) is -0.701. The lowest BCUT2D eigenvalue weighted by atomic mass is 10.0. The molecular formula is C26H43N5O6. The molecule has 0 amide bonds. The number of nitrogens with two attached hydrogens (primary N) is 1. The summed E-state index contributed by atoms with van der Waals surface area (Å²) < 4.78 is 7.61. The lowest BCUT2D eigenvalue weighted by molar-refractivity contribution is -0.0511. The molecule has 3 heterocycles. The summed E-state index contributed by atoms with van der Waals surface area (Å²) >= 11 is 0. The van der Waals surface area contributed by atoms with Crippen LogP contribution in [0.1, 0.15) is 108 Å². The molecule has 0 unspecified atom stereocenters. The molecule has 11 heteroatoms. The molecule has 1 aliphatic rings. The smallest absolute Gasteiger partial charge is 0.289 e. The molecule has 5 N–H and O–H groups in total. The van der Waals surface area contributed by atoms with Crippen LogP contribution >= 0.6 is 0 Å². The lowest BCUT2D eigenvalue weighted by Gasteiger charge is -2.16. The maximum Gasteiger partial charge on any atom is 0.289 e. The fourth-order valence-corrected chi connectivity index (χ4v) is 4.93. The number of hydrogen-bond donors (Lipinski definition) is 4. The highest BCUT2D eigenvalue weighted by Gasteiger charge is 2.44. The first-order chi connectivity index (χ1) is 17.9. The third kappa shape index (κ3) is 7.37. The number of fused-ring (bicyclic) bond motifs is 1. The van der Waals surface area contributed by atoms with Crippen molar-refractivity contribution in [3.8, 4) is 0 Å². The van der Waals surface area contributed by atoms with Crippen LogP contribution in [0.25, 0.3) is 11.2 Å². The Morgan fingerprint density at radius 1 is 0.973 bits per heavy atom. The van der Waals surface area contributed by atoms with Gasteiger partial charge in [-0.3, -0.25) is 14.2 Å². The van der Waals surface area contributed by atoms with E-state index in [1.807, 2.05) is 0 Å². The number of nitrogen functional groups attached to an aromatic ring is 1. The van der Waals surface area contributed by atoms with Crippen molar-refractivity contribution in [3.63, 3.8) is 0 Å². The topological polar surface area (TPSA) is 166 Å². The van der Waals surface area contributed by atoms with Crippen LogP contribution in [-0.2, 0) is 4.74 Å². The number of aliphatic hydroxyl groups is 3. The molecule has 4 atom stereocenters. The van der Waals surface area contributed by atoms with Crippen LogP contribution in [0.2, 0.25) is 0 Å². The Labute approximate surface area is 217 Å². The fourth-order valence-electron chi connectivity index (χ4n) is 4.93. The molecule has 37 heavy (non-hydrogen) atoms. The highest BCUT2D eigenvalue weighted by molar-refractivity contribution is 5.84. The quantitative estimate of drug-likeness (QED) is 0.243. The highest BCUT2D eigenvalue weighted by Crippen LogP contribution is 2.31. The van der Waals surface area contributed by atoms with Gasteiger partial charge in [0.1, 0.15) is 18.3 Å². The molecule has 0 radical (unpaired) electrons. The first kappa shape index (κ1) is 29.2. The normalized spacial score (nSPS) is 21.7. The summed E-state index contributed by atoms with van der Waals surface area (Å²) in [7, 11) is 0. The van der Waals surface area contributed by atoms with E-state index in [1.54, 1.807) is 0 Å². The van der Waals surface area contributed by atoms with Gasteiger partial charge in [0.05, 0.1) is 12.9 Å². The third-order valence-corrected chi connectivity index (χ3v) is 7.16. The monoisotopic (exact) mass is 521 g/mol. The van der Waals surface area contributed by atoms with E-state index in [0.717, 1.165) is 23.8 Å². The van der Waals surface area contributed by atoms with Crippen molar-refractivity contribution < 1.29 is 24.9 Å². The van der Waals surface area contributed by atoms with Gasteiger partial charge in [0.25, 0.3) is 5.56 Å². The first-order valence-electron chi connectivity index (χ1n) is 13.8. The average molecular weight is 522 g/mol. The molecule has 0 bridgehead atoms. The summed E-state index contributed by atoms with van der Waals surface area (Å²) in [6, 6.07) is 0. The zero-order valence-corrected chi connectivity index (χ0v) is 21.9. The Balaban J connectivity index is 1.45. The van der Waals surface area contributed by atoms with E-state index in [2.05, 4.69) is 16.9 Å². The van der Waals surface area contributed by atoms with Gasteiger partial charge in [-0.2, -0.15) is 4.98 Å². The number of ether oxygens (including phenoxy) is 1. The molecule has 1 fully saturated rings. The second kappa shape index (κ2) is 14.6. The summed E-state index contributed by atoms with van der Waals surface area (Å²) in [4.78, 5) is 33.9. The third-order valence-electron chi connectivity index (χ3n) is 7.16. The number of rotatable bonds is 16. The second-order valence-corrected chi connectivity index (χ2v) is 10.0. The van der Waals surface area contributed by atoms with Crippen LogP contribution < -0.4 is 11.3 Å².